The van der Waals surface area contributed by atoms with Crippen molar-refractivity contribution in [3.8, 4) is 11.5 Å². The van der Waals surface area contributed by atoms with E-state index in [2.05, 4.69) is 30.8 Å². The predicted octanol–water partition coefficient (Wildman–Crippen LogP) is 4.11. The van der Waals surface area contributed by atoms with E-state index in [0.717, 1.165) is 22.4 Å². The molecule has 1 N–H and O–H groups in total. The van der Waals surface area contributed by atoms with E-state index in [-0.39, 0.29) is 6.04 Å². The highest BCUT2D eigenvalue weighted by atomic mass is 31.1. The second-order valence-electron chi connectivity index (χ2n) is 6.83. The van der Waals surface area contributed by atoms with Gasteiger partial charge in [0.15, 0.2) is 0 Å². The Labute approximate surface area is 174 Å². The third-order valence-corrected chi connectivity index (χ3v) is 7.76. The summed E-state index contributed by atoms with van der Waals surface area (Å²) >= 11 is 0. The van der Waals surface area contributed by atoms with Crippen LogP contribution >= 0.6 is 8.07 Å². The molecule has 0 radical (unpaired) electrons. The van der Waals surface area contributed by atoms with E-state index < -0.39 is 14.2 Å². The summed E-state index contributed by atoms with van der Waals surface area (Å²) in [6.07, 6.45) is -0.615. The number of nitrogens with zero attached hydrogens (tertiary/aromatic N) is 1. The van der Waals surface area contributed by atoms with Crippen molar-refractivity contribution in [2.24, 2.45) is 0 Å². The summed E-state index contributed by atoms with van der Waals surface area (Å²) in [5.41, 5.74) is 0.904. The Morgan fingerprint density at radius 2 is 1.31 bits per heavy atom. The number of hydrogen-bond donors (Lipinski definition) is 1. The molecule has 0 fully saturated rings. The molecule has 4 nitrogen and oxygen atoms in total. The van der Waals surface area contributed by atoms with Crippen LogP contribution in [0, 0.1) is 0 Å². The van der Waals surface area contributed by atoms with Crippen LogP contribution in [0.2, 0.25) is 0 Å². The molecule has 152 valence electrons. The Kier molecular flexibility index (Phi) is 7.27. The first kappa shape index (κ1) is 21.3. The molecule has 0 spiro atoms. The number of likely N-dealkylation sites (N-methyl/N-ethyl adjacent to an activating group) is 1. The quantitative estimate of drug-likeness (QED) is 0.569. The molecule has 0 saturated heterocycles. The van der Waals surface area contributed by atoms with Gasteiger partial charge in [-0.15, -0.1) is 0 Å². The summed E-state index contributed by atoms with van der Waals surface area (Å²) in [5, 5.41) is 13.2. The van der Waals surface area contributed by atoms with E-state index in [1.54, 1.807) is 14.2 Å². The van der Waals surface area contributed by atoms with Crippen LogP contribution in [0.4, 0.5) is 0 Å². The summed E-state index contributed by atoms with van der Waals surface area (Å²) in [7, 11) is 4.41. The molecule has 29 heavy (non-hydrogen) atoms. The highest BCUT2D eigenvalue weighted by Gasteiger charge is 2.32. The first-order valence-electron chi connectivity index (χ1n) is 9.60. The lowest BCUT2D eigenvalue weighted by Crippen LogP contribution is -2.36. The largest absolute Gasteiger partial charge is 0.496 e. The van der Waals surface area contributed by atoms with Crippen LogP contribution in [0.5, 0.6) is 11.5 Å². The lowest BCUT2D eigenvalue weighted by atomic mass is 10.0. The first-order valence-corrected chi connectivity index (χ1v) is 10.9. The fourth-order valence-electron chi connectivity index (χ4n) is 3.39. The lowest BCUT2D eigenvalue weighted by molar-refractivity contribution is 0.110. The molecule has 0 heterocycles. The number of aliphatic hydroxyl groups is 1. The molecule has 0 amide bonds. The van der Waals surface area contributed by atoms with Crippen LogP contribution in [0.3, 0.4) is 0 Å². The van der Waals surface area contributed by atoms with Gasteiger partial charge in [0.2, 0.25) is 0 Å². The standard InChI is InChI=1S/C24H28NO3P/c1-18(23(26)19-12-7-5-8-13-19)25(2)29(20-14-9-6-10-15-20)24-21(27-3)16-11-17-22(24)28-4/h5-18,23,26H,1-4H3/t18-,23-,29?/m1/s1. The molecule has 1 unspecified atom stereocenters. The van der Waals surface area contributed by atoms with E-state index in [9.17, 15) is 5.11 Å². The Hall–Kier alpha value is -2.39. The summed E-state index contributed by atoms with van der Waals surface area (Å²) in [5.74, 6) is 1.57. The molecular weight excluding hydrogens is 381 g/mol. The van der Waals surface area contributed by atoms with E-state index in [4.69, 9.17) is 9.47 Å². The highest BCUT2D eigenvalue weighted by molar-refractivity contribution is 7.71. The summed E-state index contributed by atoms with van der Waals surface area (Å²) in [6.45, 7) is 2.05. The Morgan fingerprint density at radius 3 is 1.83 bits per heavy atom. The van der Waals surface area contributed by atoms with Crippen molar-refractivity contribution in [2.45, 2.75) is 19.1 Å². The topological polar surface area (TPSA) is 41.9 Å². The molecule has 0 saturated carbocycles. The summed E-state index contributed by atoms with van der Waals surface area (Å²) in [6, 6.07) is 25.9. The van der Waals surface area contributed by atoms with Gasteiger partial charge in [0.05, 0.1) is 25.6 Å². The van der Waals surface area contributed by atoms with Crippen molar-refractivity contribution >= 4 is 18.7 Å². The molecule has 5 heteroatoms. The molecule has 3 rings (SSSR count). The number of aliphatic hydroxyl groups excluding tert-OH is 1. The molecule has 0 bridgehead atoms. The third-order valence-electron chi connectivity index (χ3n) is 5.12. The minimum absolute atomic E-state index is 0.127. The third kappa shape index (κ3) is 4.62. The Balaban J connectivity index is 2.08. The van der Waals surface area contributed by atoms with Crippen molar-refractivity contribution in [1.29, 1.82) is 0 Å². The second kappa shape index (κ2) is 9.89. The van der Waals surface area contributed by atoms with E-state index in [1.165, 1.54) is 5.30 Å². The van der Waals surface area contributed by atoms with E-state index in [1.807, 2.05) is 66.7 Å². The van der Waals surface area contributed by atoms with Crippen LogP contribution < -0.4 is 20.1 Å². The van der Waals surface area contributed by atoms with Crippen molar-refractivity contribution in [3.05, 3.63) is 84.4 Å². The fourth-order valence-corrected chi connectivity index (χ4v) is 6.03. The van der Waals surface area contributed by atoms with Gasteiger partial charge in [-0.3, -0.25) is 4.67 Å². The normalized spacial score (nSPS) is 14.3. The average molecular weight is 409 g/mol. The first-order chi connectivity index (χ1) is 14.1. The molecule has 0 aliphatic rings. The smallest absolute Gasteiger partial charge is 0.131 e. The molecule has 3 aromatic carbocycles. The summed E-state index contributed by atoms with van der Waals surface area (Å²) in [4.78, 5) is 0. The second-order valence-corrected chi connectivity index (χ2v) is 9.05. The van der Waals surface area contributed by atoms with Crippen LogP contribution in [0.15, 0.2) is 78.9 Å². The van der Waals surface area contributed by atoms with Crippen LogP contribution in [0.25, 0.3) is 0 Å². The van der Waals surface area contributed by atoms with Crippen molar-refractivity contribution < 1.29 is 14.6 Å². The minimum Gasteiger partial charge on any atom is -0.496 e. The van der Waals surface area contributed by atoms with Crippen molar-refractivity contribution in [3.63, 3.8) is 0 Å². The molecule has 0 aromatic heterocycles. The predicted molar refractivity (Wildman–Crippen MR) is 121 cm³/mol. The maximum absolute atomic E-state index is 11.1. The van der Waals surface area contributed by atoms with Crippen molar-refractivity contribution in [2.75, 3.05) is 21.3 Å². The molecule has 3 atom stereocenters. The number of methoxy groups -OCH3 is 2. The Morgan fingerprint density at radius 1 is 0.793 bits per heavy atom. The number of hydrogen-bond acceptors (Lipinski definition) is 4. The average Bonchev–Trinajstić information content (AvgIpc) is 2.79. The zero-order valence-electron chi connectivity index (χ0n) is 17.3. The zero-order chi connectivity index (χ0) is 20.8. The molecule has 3 aromatic rings. The maximum Gasteiger partial charge on any atom is 0.131 e. The number of rotatable bonds is 8. The van der Waals surface area contributed by atoms with Gasteiger partial charge >= 0.3 is 0 Å². The van der Waals surface area contributed by atoms with Gasteiger partial charge < -0.3 is 14.6 Å². The van der Waals surface area contributed by atoms with Gasteiger partial charge in [0.25, 0.3) is 0 Å². The maximum atomic E-state index is 11.1. The zero-order valence-corrected chi connectivity index (χ0v) is 18.2. The molecular formula is C24H28NO3P. The van der Waals surface area contributed by atoms with Gasteiger partial charge in [0, 0.05) is 14.1 Å². The van der Waals surface area contributed by atoms with Gasteiger partial charge in [-0.2, -0.15) is 0 Å². The number of benzene rings is 3. The Bertz CT molecular complexity index is 882. The van der Waals surface area contributed by atoms with Gasteiger partial charge in [-0.25, -0.2) is 0 Å². The van der Waals surface area contributed by atoms with E-state index in [0.29, 0.717) is 0 Å². The van der Waals surface area contributed by atoms with Crippen LogP contribution in [0.1, 0.15) is 18.6 Å². The van der Waals surface area contributed by atoms with Gasteiger partial charge in [0.1, 0.15) is 11.5 Å². The monoisotopic (exact) mass is 409 g/mol. The minimum atomic E-state index is -1.00. The van der Waals surface area contributed by atoms with Crippen LogP contribution in [-0.4, -0.2) is 37.1 Å². The molecule has 0 aliphatic heterocycles. The summed E-state index contributed by atoms with van der Waals surface area (Å²) < 4.78 is 13.7. The lowest BCUT2D eigenvalue weighted by Gasteiger charge is -2.37. The van der Waals surface area contributed by atoms with Gasteiger partial charge in [-0.1, -0.05) is 66.7 Å². The van der Waals surface area contributed by atoms with Crippen molar-refractivity contribution in [1.82, 2.24) is 4.67 Å². The molecule has 0 aliphatic carbocycles. The van der Waals surface area contributed by atoms with Gasteiger partial charge in [-0.05, 0) is 37.0 Å². The van der Waals surface area contributed by atoms with Crippen LogP contribution in [-0.2, 0) is 0 Å². The SMILES string of the molecule is COc1cccc(OC)c1P(c1ccccc1)N(C)[C@H](C)[C@@H](O)c1ccccc1. The number of ether oxygens (including phenoxy) is 2. The fraction of sp³-hybridized carbons (Fsp3) is 0.250. The highest BCUT2D eigenvalue weighted by Crippen LogP contribution is 2.46. The van der Waals surface area contributed by atoms with E-state index >= 15 is 0 Å².